The van der Waals surface area contributed by atoms with Gasteiger partial charge in [-0.05, 0) is 51.4 Å². The van der Waals surface area contributed by atoms with Crippen LogP contribution in [0.5, 0.6) is 0 Å². The number of aliphatic hydroxyl groups excluding tert-OH is 5. The molecule has 1 heterocycles. The Labute approximate surface area is 376 Å². The molecule has 1 aliphatic heterocycles. The molecular formula is C48H89NO12S. The summed E-state index contributed by atoms with van der Waals surface area (Å²) < 4.78 is 47.6. The fraction of sp³-hybridized carbons (Fsp3) is 0.854. The highest BCUT2D eigenvalue weighted by Crippen LogP contribution is 2.26. The zero-order valence-electron chi connectivity index (χ0n) is 38.5. The van der Waals surface area contributed by atoms with Gasteiger partial charge < -0.3 is 40.3 Å². The van der Waals surface area contributed by atoms with Gasteiger partial charge in [-0.3, -0.25) is 9.35 Å². The molecule has 7 N–H and O–H groups in total. The summed E-state index contributed by atoms with van der Waals surface area (Å²) >= 11 is 0. The van der Waals surface area contributed by atoms with E-state index in [1.165, 1.54) is 102 Å². The van der Waals surface area contributed by atoms with Gasteiger partial charge in [0, 0.05) is 0 Å². The van der Waals surface area contributed by atoms with E-state index in [4.69, 9.17) is 9.47 Å². The number of nitrogens with one attached hydrogen (secondary N) is 1. The van der Waals surface area contributed by atoms with E-state index < -0.39 is 78.5 Å². The molecular weight excluding hydrogens is 815 g/mol. The second-order valence-electron chi connectivity index (χ2n) is 17.2. The first-order valence-corrected chi connectivity index (χ1v) is 25.8. The van der Waals surface area contributed by atoms with Crippen LogP contribution >= 0.6 is 0 Å². The van der Waals surface area contributed by atoms with E-state index in [2.05, 4.69) is 47.7 Å². The highest BCUT2D eigenvalue weighted by atomic mass is 32.3. The van der Waals surface area contributed by atoms with Gasteiger partial charge in [-0.25, -0.2) is 4.18 Å². The van der Waals surface area contributed by atoms with E-state index in [1.807, 2.05) is 6.08 Å². The van der Waals surface area contributed by atoms with E-state index in [0.717, 1.165) is 70.6 Å². The average Bonchev–Trinajstić information content (AvgIpc) is 3.24. The number of carbonyl (C=O) groups excluding carboxylic acids is 1. The van der Waals surface area contributed by atoms with Crippen molar-refractivity contribution in [2.45, 2.75) is 249 Å². The normalized spacial score (nSPS) is 21.3. The Morgan fingerprint density at radius 3 is 1.61 bits per heavy atom. The number of ether oxygens (including phenoxy) is 2. The Balaban J connectivity index is 2.57. The van der Waals surface area contributed by atoms with Gasteiger partial charge in [0.1, 0.15) is 30.5 Å². The minimum absolute atomic E-state index is 0.231. The van der Waals surface area contributed by atoms with Gasteiger partial charge in [-0.2, -0.15) is 8.42 Å². The van der Waals surface area contributed by atoms with Crippen molar-refractivity contribution >= 4 is 16.3 Å². The van der Waals surface area contributed by atoms with Crippen molar-refractivity contribution in [1.82, 2.24) is 5.32 Å². The van der Waals surface area contributed by atoms with Crippen LogP contribution in [-0.4, -0.2) is 107 Å². The summed E-state index contributed by atoms with van der Waals surface area (Å²) in [7, 11) is -5.12. The monoisotopic (exact) mass is 904 g/mol. The molecule has 0 aromatic heterocycles. The van der Waals surface area contributed by atoms with Crippen LogP contribution in [0.25, 0.3) is 0 Å². The maximum atomic E-state index is 13.1. The van der Waals surface area contributed by atoms with Gasteiger partial charge >= 0.3 is 10.4 Å². The topological polar surface area (TPSA) is 212 Å². The molecule has 1 rings (SSSR count). The predicted octanol–water partition coefficient (Wildman–Crippen LogP) is 8.86. The van der Waals surface area contributed by atoms with Crippen molar-refractivity contribution < 1.29 is 57.0 Å². The molecule has 0 spiro atoms. The Morgan fingerprint density at radius 2 is 1.11 bits per heavy atom. The molecule has 8 atom stereocenters. The molecule has 364 valence electrons. The highest BCUT2D eigenvalue weighted by molar-refractivity contribution is 7.80. The number of aliphatic hydroxyl groups is 5. The zero-order valence-corrected chi connectivity index (χ0v) is 39.4. The van der Waals surface area contributed by atoms with Gasteiger partial charge in [-0.1, -0.05) is 185 Å². The molecule has 1 fully saturated rings. The molecule has 0 radical (unpaired) electrons. The predicted molar refractivity (Wildman–Crippen MR) is 247 cm³/mol. The summed E-state index contributed by atoms with van der Waals surface area (Å²) in [6.45, 7) is 3.19. The van der Waals surface area contributed by atoms with E-state index >= 15 is 0 Å². The first kappa shape index (κ1) is 58.3. The minimum atomic E-state index is -5.12. The lowest BCUT2D eigenvalue weighted by atomic mass is 9.99. The molecule has 8 unspecified atom stereocenters. The number of carbonyl (C=O) groups is 1. The van der Waals surface area contributed by atoms with Crippen molar-refractivity contribution in [3.63, 3.8) is 0 Å². The quantitative estimate of drug-likeness (QED) is 0.0174. The second-order valence-corrected chi connectivity index (χ2v) is 18.2. The molecule has 0 aromatic carbocycles. The standard InChI is InChI=1S/C48H89NO12S/c1-3-5-7-9-11-13-15-17-19-21-23-24-26-28-30-32-34-36-41(51)40(39-59-48-45(54)46(61-62(56,57)58)44(53)43(38-50)60-48)49-47(55)42(52)37-35-33-31-29-27-25-22-20-18-16-14-12-10-8-6-4-2/h12,14,18,20,34,36,40-46,48,50-54H,3-11,13,15-17,19,21-33,35,37-39H2,1-2H3,(H,49,55)(H,56,57,58)/b14-12-,20-18-,36-34+. The van der Waals surface area contributed by atoms with Crippen LogP contribution in [0.1, 0.15) is 200 Å². The van der Waals surface area contributed by atoms with Crippen molar-refractivity contribution in [3.8, 4) is 0 Å². The van der Waals surface area contributed by atoms with Gasteiger partial charge in [-0.15, -0.1) is 0 Å². The number of hydrogen-bond donors (Lipinski definition) is 7. The Bertz CT molecular complexity index is 1260. The van der Waals surface area contributed by atoms with Gasteiger partial charge in [0.05, 0.1) is 25.4 Å². The second kappa shape index (κ2) is 38.5. The summed E-state index contributed by atoms with van der Waals surface area (Å²) in [4.78, 5) is 13.1. The van der Waals surface area contributed by atoms with Crippen LogP contribution in [0.3, 0.4) is 0 Å². The fourth-order valence-corrected chi connectivity index (χ4v) is 8.12. The van der Waals surface area contributed by atoms with Crippen LogP contribution < -0.4 is 5.32 Å². The SMILES string of the molecule is CCCCC/C=C\C/C=C\CCCCCCCCC(O)C(=O)NC(COC1OC(CO)C(O)C(OS(=O)(=O)O)C1O)C(O)/C=C/CCCCCCCCCCCCCCCCC. The Morgan fingerprint density at radius 1 is 0.661 bits per heavy atom. The van der Waals surface area contributed by atoms with E-state index in [9.17, 15) is 43.3 Å². The van der Waals surface area contributed by atoms with Crippen LogP contribution in [0.15, 0.2) is 36.5 Å². The molecule has 14 heteroatoms. The van der Waals surface area contributed by atoms with Crippen LogP contribution in [-0.2, 0) is 28.9 Å². The highest BCUT2D eigenvalue weighted by Gasteiger charge is 2.48. The molecule has 62 heavy (non-hydrogen) atoms. The number of unbranched alkanes of at least 4 members (excludes halogenated alkanes) is 24. The summed E-state index contributed by atoms with van der Waals surface area (Å²) in [5, 5.41) is 55.3. The molecule has 1 aliphatic rings. The lowest BCUT2D eigenvalue weighted by molar-refractivity contribution is -0.298. The van der Waals surface area contributed by atoms with Gasteiger partial charge in [0.2, 0.25) is 5.91 Å². The molecule has 1 amide bonds. The zero-order chi connectivity index (χ0) is 45.7. The maximum Gasteiger partial charge on any atom is 0.397 e. The van der Waals surface area contributed by atoms with Crippen molar-refractivity contribution in [1.29, 1.82) is 0 Å². The molecule has 0 aromatic rings. The summed E-state index contributed by atoms with van der Waals surface area (Å²) in [6, 6.07) is -1.12. The van der Waals surface area contributed by atoms with Crippen LogP contribution in [0.2, 0.25) is 0 Å². The number of amides is 1. The lowest BCUT2D eigenvalue weighted by Gasteiger charge is -2.41. The fourth-order valence-electron chi connectivity index (χ4n) is 7.61. The molecule has 1 saturated heterocycles. The average molecular weight is 904 g/mol. The maximum absolute atomic E-state index is 13.1. The summed E-state index contributed by atoms with van der Waals surface area (Å²) in [6.07, 6.45) is 33.6. The first-order chi connectivity index (χ1) is 29.9. The van der Waals surface area contributed by atoms with Crippen molar-refractivity contribution in [2.75, 3.05) is 13.2 Å². The third-order valence-electron chi connectivity index (χ3n) is 11.5. The first-order valence-electron chi connectivity index (χ1n) is 24.5. The third kappa shape index (κ3) is 30.4. The van der Waals surface area contributed by atoms with E-state index in [1.54, 1.807) is 0 Å². The number of hydrogen-bond acceptors (Lipinski definition) is 11. The van der Waals surface area contributed by atoms with Gasteiger partial charge in [0.15, 0.2) is 6.29 Å². The number of rotatable bonds is 41. The lowest BCUT2D eigenvalue weighted by Crippen LogP contribution is -2.61. The minimum Gasteiger partial charge on any atom is -0.394 e. The summed E-state index contributed by atoms with van der Waals surface area (Å²) in [5.41, 5.74) is 0. The summed E-state index contributed by atoms with van der Waals surface area (Å²) in [5.74, 6) is -0.711. The van der Waals surface area contributed by atoms with Gasteiger partial charge in [0.25, 0.3) is 0 Å². The molecule has 0 bridgehead atoms. The largest absolute Gasteiger partial charge is 0.397 e. The molecule has 0 saturated carbocycles. The van der Waals surface area contributed by atoms with E-state index in [-0.39, 0.29) is 6.42 Å². The smallest absolute Gasteiger partial charge is 0.394 e. The molecule has 0 aliphatic carbocycles. The Kier molecular flexibility index (Phi) is 36.2. The van der Waals surface area contributed by atoms with Crippen molar-refractivity contribution in [2.24, 2.45) is 0 Å². The Hall–Kier alpha value is -1.72. The molecule has 13 nitrogen and oxygen atoms in total. The third-order valence-corrected chi connectivity index (χ3v) is 12.0. The van der Waals surface area contributed by atoms with Crippen LogP contribution in [0.4, 0.5) is 0 Å². The van der Waals surface area contributed by atoms with E-state index in [0.29, 0.717) is 12.8 Å². The number of allylic oxidation sites excluding steroid dienone is 5. The van der Waals surface area contributed by atoms with Crippen LogP contribution in [0, 0.1) is 0 Å². The van der Waals surface area contributed by atoms with Crippen molar-refractivity contribution in [3.05, 3.63) is 36.5 Å².